The van der Waals surface area contributed by atoms with Crippen molar-refractivity contribution in [2.45, 2.75) is 130 Å². The molecule has 55 heavy (non-hydrogen) atoms. The lowest BCUT2D eigenvalue weighted by Gasteiger charge is -2.38. The molecule has 1 heterocycles. The normalized spacial score (nSPS) is 21.3. The van der Waals surface area contributed by atoms with Crippen LogP contribution in [-0.4, -0.2) is 103 Å². The lowest BCUT2D eigenvalue weighted by atomic mass is 9.74. The lowest BCUT2D eigenvalue weighted by molar-refractivity contribution is -0.146. The van der Waals surface area contributed by atoms with Crippen molar-refractivity contribution in [2.24, 2.45) is 35.5 Å². The van der Waals surface area contributed by atoms with Crippen LogP contribution in [0.1, 0.15) is 86.6 Å². The predicted molar refractivity (Wildman–Crippen MR) is 208 cm³/mol. The molecule has 308 valence electrons. The molecule has 0 spiro atoms. The number of ether oxygens (including phenoxy) is 2. The number of carbonyl (C=O) groups excluding carboxylic acids is 4. The van der Waals surface area contributed by atoms with Gasteiger partial charge in [-0.1, -0.05) is 86.1 Å². The van der Waals surface area contributed by atoms with E-state index in [2.05, 4.69) is 29.8 Å². The summed E-state index contributed by atoms with van der Waals surface area (Å²) >= 11 is 0. The van der Waals surface area contributed by atoms with Crippen LogP contribution >= 0.6 is 0 Å². The third-order valence-corrected chi connectivity index (χ3v) is 11.7. The second kappa shape index (κ2) is 20.5. The third-order valence-electron chi connectivity index (χ3n) is 11.7. The van der Waals surface area contributed by atoms with Gasteiger partial charge in [-0.25, -0.2) is 9.18 Å². The number of nitrogens with one attached hydrogen (secondary N) is 3. The van der Waals surface area contributed by atoms with Gasteiger partial charge >= 0.3 is 5.97 Å². The fraction of sp³-hybridized carbons (Fsp3) is 0.690. The zero-order valence-corrected chi connectivity index (χ0v) is 34.6. The molecule has 0 aromatic heterocycles. The van der Waals surface area contributed by atoms with Crippen molar-refractivity contribution in [2.75, 3.05) is 21.3 Å². The van der Waals surface area contributed by atoms with Crippen LogP contribution in [0.15, 0.2) is 35.9 Å². The largest absolute Gasteiger partial charge is 0.480 e. The first-order valence-electron chi connectivity index (χ1n) is 19.8. The molecule has 2 aliphatic rings. The minimum absolute atomic E-state index is 0.0413. The fourth-order valence-electron chi connectivity index (χ4n) is 8.42. The number of rotatable bonds is 23. The van der Waals surface area contributed by atoms with Gasteiger partial charge in [0, 0.05) is 27.1 Å². The van der Waals surface area contributed by atoms with Crippen molar-refractivity contribution < 1.29 is 42.9 Å². The highest BCUT2D eigenvalue weighted by atomic mass is 19.1. The molecule has 1 saturated heterocycles. The molecular weight excluding hydrogens is 707 g/mol. The topological polar surface area (TPSA) is 163 Å². The van der Waals surface area contributed by atoms with Crippen molar-refractivity contribution >= 4 is 29.5 Å². The summed E-state index contributed by atoms with van der Waals surface area (Å²) in [6, 6.07) is 2.69. The minimum Gasteiger partial charge on any atom is -0.480 e. The Morgan fingerprint density at radius 3 is 2.05 bits per heavy atom. The van der Waals surface area contributed by atoms with Crippen LogP contribution in [0, 0.1) is 41.3 Å². The summed E-state index contributed by atoms with van der Waals surface area (Å²) in [5, 5.41) is 18.5. The molecule has 1 fully saturated rings. The number of amides is 3. The number of Topliss-reactive ketones (excluding diaryl/α,β-unsaturated/α-hetero) is 1. The number of likely N-dealkylation sites (tertiary alicyclic amines) is 1. The average molecular weight is 773 g/mol. The molecule has 0 radical (unpaired) electrons. The van der Waals surface area contributed by atoms with Crippen molar-refractivity contribution in [1.29, 1.82) is 0 Å². The Labute approximate surface area is 326 Å². The number of aliphatic carboxylic acids is 1. The highest BCUT2D eigenvalue weighted by Crippen LogP contribution is 2.44. The molecule has 1 aliphatic heterocycles. The molecule has 3 rings (SSSR count). The molecule has 1 aliphatic carbocycles. The molecule has 0 saturated carbocycles. The maximum absolute atomic E-state index is 14.3. The maximum Gasteiger partial charge on any atom is 0.326 e. The van der Waals surface area contributed by atoms with Crippen LogP contribution in [-0.2, 0) is 39.9 Å². The molecule has 0 bridgehead atoms. The fourth-order valence-corrected chi connectivity index (χ4v) is 8.42. The monoisotopic (exact) mass is 772 g/mol. The van der Waals surface area contributed by atoms with Gasteiger partial charge in [0.2, 0.25) is 17.7 Å². The number of benzene rings is 1. The Hall–Kier alpha value is -3.68. The summed E-state index contributed by atoms with van der Waals surface area (Å²) in [6.45, 7) is 15.5. The zero-order chi connectivity index (χ0) is 41.3. The number of ketones is 1. The SMILES string of the molecule is CC[C@H](C)[C@H](C(C)CC(=O)[C@@H](NC(=O)[C@@H](NC)C(C)C)C(C)C)[C@@H](CC(=O)N1[C@H]2C=C2C[C@H]1C(OC)[C@@H](C)C(=O)NC(Cc1ccccc1F)C(=O)O)OC. The summed E-state index contributed by atoms with van der Waals surface area (Å²) in [6.07, 6.45) is 2.04. The van der Waals surface area contributed by atoms with Gasteiger partial charge in [-0.15, -0.1) is 0 Å². The van der Waals surface area contributed by atoms with Crippen LogP contribution in [0.5, 0.6) is 0 Å². The second-order valence-corrected chi connectivity index (χ2v) is 16.3. The van der Waals surface area contributed by atoms with E-state index in [-0.39, 0.29) is 78.1 Å². The van der Waals surface area contributed by atoms with Gasteiger partial charge in [-0.3, -0.25) is 19.2 Å². The van der Waals surface area contributed by atoms with E-state index in [0.29, 0.717) is 6.42 Å². The van der Waals surface area contributed by atoms with E-state index in [0.717, 1.165) is 12.0 Å². The van der Waals surface area contributed by atoms with E-state index in [1.54, 1.807) is 32.0 Å². The van der Waals surface area contributed by atoms with Crippen molar-refractivity contribution in [3.8, 4) is 0 Å². The minimum atomic E-state index is -1.37. The van der Waals surface area contributed by atoms with E-state index < -0.39 is 60.0 Å². The number of carboxylic acid groups (broad SMARTS) is 1. The van der Waals surface area contributed by atoms with E-state index in [1.807, 2.05) is 40.7 Å². The molecule has 13 heteroatoms. The van der Waals surface area contributed by atoms with E-state index in [4.69, 9.17) is 9.47 Å². The number of likely N-dealkylation sites (N-methyl/N-ethyl adjacent to an activating group) is 1. The number of carbonyl (C=O) groups is 5. The first kappa shape index (κ1) is 45.7. The molecule has 4 N–H and O–H groups in total. The Morgan fingerprint density at radius 1 is 0.891 bits per heavy atom. The van der Waals surface area contributed by atoms with Gasteiger partial charge in [-0.2, -0.15) is 0 Å². The number of carboxylic acids is 1. The zero-order valence-electron chi connectivity index (χ0n) is 34.6. The van der Waals surface area contributed by atoms with Crippen LogP contribution in [0.25, 0.3) is 0 Å². The maximum atomic E-state index is 14.3. The van der Waals surface area contributed by atoms with Crippen LogP contribution < -0.4 is 16.0 Å². The van der Waals surface area contributed by atoms with Gasteiger partial charge < -0.3 is 35.4 Å². The van der Waals surface area contributed by atoms with Crippen molar-refractivity contribution in [3.05, 3.63) is 47.3 Å². The Kier molecular flexibility index (Phi) is 17.0. The van der Waals surface area contributed by atoms with E-state index in [9.17, 15) is 33.5 Å². The smallest absolute Gasteiger partial charge is 0.326 e. The number of fused-ring (bicyclic) bond motifs is 1. The second-order valence-electron chi connectivity index (χ2n) is 16.3. The van der Waals surface area contributed by atoms with E-state index in [1.165, 1.54) is 25.3 Å². The Morgan fingerprint density at radius 2 is 1.53 bits per heavy atom. The van der Waals surface area contributed by atoms with Crippen LogP contribution in [0.3, 0.4) is 0 Å². The van der Waals surface area contributed by atoms with Gasteiger partial charge in [-0.05, 0) is 60.3 Å². The van der Waals surface area contributed by atoms with Crippen LogP contribution in [0.4, 0.5) is 4.39 Å². The first-order valence-corrected chi connectivity index (χ1v) is 19.8. The Bertz CT molecular complexity index is 1530. The first-order chi connectivity index (χ1) is 25.9. The highest BCUT2D eigenvalue weighted by molar-refractivity contribution is 5.91. The van der Waals surface area contributed by atoms with Crippen molar-refractivity contribution in [1.82, 2.24) is 20.9 Å². The summed E-state index contributed by atoms with van der Waals surface area (Å²) in [5.41, 5.74) is 1.24. The van der Waals surface area contributed by atoms with Gasteiger partial charge in [0.25, 0.3) is 0 Å². The number of nitrogens with zero attached hydrogens (tertiary/aromatic N) is 1. The van der Waals surface area contributed by atoms with Crippen molar-refractivity contribution in [3.63, 3.8) is 0 Å². The number of hydrogen-bond donors (Lipinski definition) is 4. The molecule has 1 aromatic carbocycles. The summed E-state index contributed by atoms with van der Waals surface area (Å²) < 4.78 is 26.3. The molecular formula is C42H65FN4O8. The average Bonchev–Trinajstić information content (AvgIpc) is 3.79. The Balaban J connectivity index is 1.77. The molecule has 1 aromatic rings. The summed E-state index contributed by atoms with van der Waals surface area (Å²) in [4.78, 5) is 68.7. The molecule has 3 unspecified atom stereocenters. The summed E-state index contributed by atoms with van der Waals surface area (Å²) in [5.74, 6) is -4.04. The molecule has 3 amide bonds. The number of hydrogen-bond acceptors (Lipinski definition) is 8. The predicted octanol–water partition coefficient (Wildman–Crippen LogP) is 4.55. The standard InChI is InChI=1S/C42H65FN4O8/c1-12-24(6)36(25(7)17-33(48)37(22(2)3)46-41(51)38(44-9)23(4)5)34(54-10)21-35(49)47-31-19-28(31)20-32(47)39(55-11)26(8)40(50)45-30(42(52)53)18-27-15-13-14-16-29(27)43/h13-16,19,22-26,30-32,34,36-39,44H,12,17-18,20-21H2,1-11H3,(H,45,50)(H,46,51)(H,52,53)/t24-,25?,26+,30?,31-,32-,34+,36+,37-,38-,39?/m0/s1. The summed E-state index contributed by atoms with van der Waals surface area (Å²) in [7, 11) is 4.77. The highest BCUT2D eigenvalue weighted by Gasteiger charge is 2.52. The van der Waals surface area contributed by atoms with Gasteiger partial charge in [0.1, 0.15) is 11.9 Å². The van der Waals surface area contributed by atoms with Gasteiger partial charge in [0.15, 0.2) is 5.78 Å². The third kappa shape index (κ3) is 11.4. The quantitative estimate of drug-likeness (QED) is 0.117. The molecule has 11 atom stereocenters. The van der Waals surface area contributed by atoms with Crippen LogP contribution in [0.2, 0.25) is 0 Å². The lowest BCUT2D eigenvalue weighted by Crippen LogP contribution is -2.54. The number of methoxy groups -OCH3 is 2. The van der Waals surface area contributed by atoms with Gasteiger partial charge in [0.05, 0.1) is 48.7 Å². The number of halogens is 1. The van der Waals surface area contributed by atoms with E-state index >= 15 is 0 Å². The molecule has 12 nitrogen and oxygen atoms in total.